The number of hydrogen-bond acceptors (Lipinski definition) is 4. The van der Waals surface area contributed by atoms with Crippen molar-refractivity contribution < 1.29 is 9.72 Å². The van der Waals surface area contributed by atoms with Gasteiger partial charge in [-0.05, 0) is 26.3 Å². The molecule has 2 atom stereocenters. The normalized spacial score (nSPS) is 22.6. The van der Waals surface area contributed by atoms with Crippen molar-refractivity contribution in [2.24, 2.45) is 0 Å². The third kappa shape index (κ3) is 2.80. The van der Waals surface area contributed by atoms with Crippen molar-refractivity contribution in [1.29, 1.82) is 0 Å². The molecule has 0 bridgehead atoms. The second kappa shape index (κ2) is 5.58. The molecule has 6 nitrogen and oxygen atoms in total. The molecule has 0 saturated carbocycles. The summed E-state index contributed by atoms with van der Waals surface area (Å²) in [7, 11) is 0. The molecule has 0 aromatic heterocycles. The summed E-state index contributed by atoms with van der Waals surface area (Å²) in [6.45, 7) is 6.86. The zero-order valence-electron chi connectivity index (χ0n) is 11.9. The fourth-order valence-electron chi connectivity index (χ4n) is 2.73. The van der Waals surface area contributed by atoms with Crippen LogP contribution in [0.3, 0.4) is 0 Å². The number of aryl methyl sites for hydroxylation is 1. The molecule has 0 radical (unpaired) electrons. The maximum Gasteiger partial charge on any atom is 0.282 e. The van der Waals surface area contributed by atoms with Crippen molar-refractivity contribution in [1.82, 2.24) is 10.2 Å². The second-order valence-electron chi connectivity index (χ2n) is 5.41. The summed E-state index contributed by atoms with van der Waals surface area (Å²) in [6.07, 6.45) is 0. The van der Waals surface area contributed by atoms with E-state index in [0.717, 1.165) is 0 Å². The Morgan fingerprint density at radius 2 is 1.95 bits per heavy atom. The monoisotopic (exact) mass is 277 g/mol. The Hall–Kier alpha value is -1.95. The minimum absolute atomic E-state index is 0.117. The van der Waals surface area contributed by atoms with Crippen LogP contribution in [0.4, 0.5) is 5.69 Å². The molecular formula is C14H19N3O3. The Labute approximate surface area is 117 Å². The number of rotatable bonds is 2. The van der Waals surface area contributed by atoms with Crippen molar-refractivity contribution in [2.75, 3.05) is 13.1 Å². The van der Waals surface area contributed by atoms with Crippen LogP contribution < -0.4 is 5.32 Å². The lowest BCUT2D eigenvalue weighted by Gasteiger charge is -2.36. The van der Waals surface area contributed by atoms with Gasteiger partial charge in [-0.15, -0.1) is 0 Å². The largest absolute Gasteiger partial charge is 0.335 e. The molecule has 1 heterocycles. The first-order chi connectivity index (χ1) is 9.40. The highest BCUT2D eigenvalue weighted by atomic mass is 16.6. The molecule has 6 heteroatoms. The molecule has 1 amide bonds. The van der Waals surface area contributed by atoms with Crippen LogP contribution in [0.2, 0.25) is 0 Å². The van der Waals surface area contributed by atoms with Gasteiger partial charge in [0.25, 0.3) is 11.6 Å². The van der Waals surface area contributed by atoms with Gasteiger partial charge in [-0.3, -0.25) is 14.9 Å². The minimum Gasteiger partial charge on any atom is -0.335 e. The number of nitro groups is 1. The van der Waals surface area contributed by atoms with Gasteiger partial charge in [0.05, 0.1) is 4.92 Å². The Bertz CT molecular complexity index is 534. The first-order valence-corrected chi connectivity index (χ1v) is 6.69. The summed E-state index contributed by atoms with van der Waals surface area (Å²) >= 11 is 0. The van der Waals surface area contributed by atoms with Crippen LogP contribution in [0.15, 0.2) is 18.2 Å². The van der Waals surface area contributed by atoms with Crippen molar-refractivity contribution in [3.05, 3.63) is 39.4 Å². The highest BCUT2D eigenvalue weighted by Gasteiger charge is 2.30. The number of nitrogens with zero attached hydrogens (tertiary/aromatic N) is 2. The summed E-state index contributed by atoms with van der Waals surface area (Å²) in [6, 6.07) is 5.09. The van der Waals surface area contributed by atoms with E-state index < -0.39 is 4.92 Å². The number of benzene rings is 1. The van der Waals surface area contributed by atoms with E-state index in [1.54, 1.807) is 24.0 Å². The van der Waals surface area contributed by atoms with E-state index in [1.165, 1.54) is 6.07 Å². The van der Waals surface area contributed by atoms with Crippen molar-refractivity contribution in [3.8, 4) is 0 Å². The molecule has 1 aromatic carbocycles. The Morgan fingerprint density at radius 3 is 2.50 bits per heavy atom. The van der Waals surface area contributed by atoms with Gasteiger partial charge in [0.1, 0.15) is 5.56 Å². The van der Waals surface area contributed by atoms with Gasteiger partial charge >= 0.3 is 0 Å². The first-order valence-electron chi connectivity index (χ1n) is 6.69. The Balaban J connectivity index is 2.36. The van der Waals surface area contributed by atoms with Gasteiger partial charge in [0.15, 0.2) is 0 Å². The number of nitro benzene ring substituents is 1. The van der Waals surface area contributed by atoms with Crippen LogP contribution in [0.5, 0.6) is 0 Å². The van der Waals surface area contributed by atoms with E-state index in [-0.39, 0.29) is 29.2 Å². The Morgan fingerprint density at radius 1 is 1.35 bits per heavy atom. The van der Waals surface area contributed by atoms with Crippen LogP contribution in [-0.2, 0) is 0 Å². The molecule has 1 aliphatic rings. The molecule has 2 unspecified atom stereocenters. The fraction of sp³-hybridized carbons (Fsp3) is 0.500. The lowest BCUT2D eigenvalue weighted by Crippen LogP contribution is -2.56. The second-order valence-corrected chi connectivity index (χ2v) is 5.41. The number of carbonyl (C=O) groups is 1. The molecule has 0 aliphatic carbocycles. The van der Waals surface area contributed by atoms with Gasteiger partial charge < -0.3 is 10.2 Å². The van der Waals surface area contributed by atoms with Crippen molar-refractivity contribution in [3.63, 3.8) is 0 Å². The zero-order chi connectivity index (χ0) is 14.9. The predicted molar refractivity (Wildman–Crippen MR) is 75.8 cm³/mol. The Kier molecular flexibility index (Phi) is 4.04. The molecule has 1 fully saturated rings. The molecule has 20 heavy (non-hydrogen) atoms. The highest BCUT2D eigenvalue weighted by Crippen LogP contribution is 2.24. The van der Waals surface area contributed by atoms with Crippen LogP contribution in [0.25, 0.3) is 0 Å². The number of amides is 1. The van der Waals surface area contributed by atoms with E-state index in [9.17, 15) is 14.9 Å². The van der Waals surface area contributed by atoms with E-state index in [0.29, 0.717) is 18.7 Å². The smallest absolute Gasteiger partial charge is 0.282 e. The topological polar surface area (TPSA) is 75.5 Å². The van der Waals surface area contributed by atoms with Gasteiger partial charge in [-0.25, -0.2) is 0 Å². The first kappa shape index (κ1) is 14.5. The molecule has 1 aliphatic heterocycles. The molecule has 1 aromatic rings. The lowest BCUT2D eigenvalue weighted by molar-refractivity contribution is -0.385. The van der Waals surface area contributed by atoms with Gasteiger partial charge in [0, 0.05) is 31.2 Å². The van der Waals surface area contributed by atoms with Crippen molar-refractivity contribution in [2.45, 2.75) is 32.9 Å². The van der Waals surface area contributed by atoms with E-state index in [1.807, 2.05) is 13.8 Å². The third-order valence-corrected chi connectivity index (χ3v) is 3.51. The minimum atomic E-state index is -0.491. The summed E-state index contributed by atoms with van der Waals surface area (Å²) in [5.74, 6) is -0.255. The van der Waals surface area contributed by atoms with Gasteiger partial charge in [-0.1, -0.05) is 12.1 Å². The summed E-state index contributed by atoms with van der Waals surface area (Å²) in [5, 5.41) is 14.5. The van der Waals surface area contributed by atoms with Gasteiger partial charge in [0.2, 0.25) is 0 Å². The predicted octanol–water partition coefficient (Wildman–Crippen LogP) is 1.73. The quantitative estimate of drug-likeness (QED) is 0.659. The van der Waals surface area contributed by atoms with Crippen LogP contribution in [0, 0.1) is 17.0 Å². The van der Waals surface area contributed by atoms with Crippen LogP contribution >= 0.6 is 0 Å². The number of nitrogens with one attached hydrogen (secondary N) is 1. The number of carbonyl (C=O) groups excluding carboxylic acids is 1. The van der Waals surface area contributed by atoms with Crippen molar-refractivity contribution >= 4 is 11.6 Å². The molecule has 108 valence electrons. The molecular weight excluding hydrogens is 258 g/mol. The fourth-order valence-corrected chi connectivity index (χ4v) is 2.73. The maximum absolute atomic E-state index is 12.6. The number of piperazine rings is 1. The lowest BCUT2D eigenvalue weighted by atomic mass is 10.0. The average molecular weight is 277 g/mol. The average Bonchev–Trinajstić information content (AvgIpc) is 2.36. The van der Waals surface area contributed by atoms with E-state index >= 15 is 0 Å². The standard InChI is InChI=1S/C14H19N3O3/c1-9-5-4-6-12(17(19)20)13(9)14(18)16-7-10(2)15-11(3)8-16/h4-6,10-11,15H,7-8H2,1-3H3. The summed E-state index contributed by atoms with van der Waals surface area (Å²) < 4.78 is 0. The molecule has 2 rings (SSSR count). The third-order valence-electron chi connectivity index (χ3n) is 3.51. The van der Waals surface area contributed by atoms with Gasteiger partial charge in [-0.2, -0.15) is 0 Å². The molecule has 0 spiro atoms. The zero-order valence-corrected chi connectivity index (χ0v) is 11.9. The van der Waals surface area contributed by atoms with E-state index in [2.05, 4.69) is 5.32 Å². The molecule has 1 N–H and O–H groups in total. The summed E-state index contributed by atoms with van der Waals surface area (Å²) in [4.78, 5) is 24.9. The molecule has 1 saturated heterocycles. The van der Waals surface area contributed by atoms with Crippen LogP contribution in [0.1, 0.15) is 29.8 Å². The maximum atomic E-state index is 12.6. The van der Waals surface area contributed by atoms with Crippen LogP contribution in [-0.4, -0.2) is 40.9 Å². The van der Waals surface area contributed by atoms with E-state index in [4.69, 9.17) is 0 Å². The summed E-state index contributed by atoms with van der Waals surface area (Å²) in [5.41, 5.74) is 0.732. The SMILES string of the molecule is Cc1cccc([N+](=O)[O-])c1C(=O)N1CC(C)NC(C)C1. The highest BCUT2D eigenvalue weighted by molar-refractivity contribution is 5.99. The number of hydrogen-bond donors (Lipinski definition) is 1.